The Balaban J connectivity index is 0. The number of carbonyl (C=O) groups excluding carboxylic acids is 1. The van der Waals surface area contributed by atoms with Gasteiger partial charge in [0, 0.05) is 6.92 Å². The molecule has 0 aliphatic carbocycles. The zero-order chi connectivity index (χ0) is 17.1. The first kappa shape index (κ1) is 21.1. The predicted molar refractivity (Wildman–Crippen MR) is 68.6 cm³/mol. The third-order valence-corrected chi connectivity index (χ3v) is 2.09. The largest absolute Gasteiger partial charge is 0.481 e. The van der Waals surface area contributed by atoms with E-state index in [1.165, 1.54) is 6.92 Å². The van der Waals surface area contributed by atoms with Gasteiger partial charge in [-0.25, -0.2) is 4.79 Å². The van der Waals surface area contributed by atoms with Crippen LogP contribution < -0.4 is 0 Å². The van der Waals surface area contributed by atoms with Crippen molar-refractivity contribution in [3.63, 3.8) is 0 Å². The fourth-order valence-electron chi connectivity index (χ4n) is 1.07. The molecule has 0 saturated carbocycles. The van der Waals surface area contributed by atoms with Crippen LogP contribution in [0.3, 0.4) is 0 Å². The highest BCUT2D eigenvalue weighted by Crippen LogP contribution is 2.15. The van der Waals surface area contributed by atoms with Gasteiger partial charge in [0.15, 0.2) is 5.60 Å². The molecular formula is C12H20O9. The smallest absolute Gasteiger partial charge is 0.336 e. The molecule has 0 aromatic heterocycles. The second kappa shape index (κ2) is 10.6. The number of aliphatic carboxylic acids is 3. The Labute approximate surface area is 121 Å². The number of hydrogen-bond donors (Lipinski definition) is 4. The van der Waals surface area contributed by atoms with Gasteiger partial charge in [-0.1, -0.05) is 13.3 Å². The molecule has 0 spiro atoms. The maximum atomic E-state index is 10.3. The zero-order valence-corrected chi connectivity index (χ0v) is 11.9. The molecule has 0 atom stereocenters. The molecule has 0 aliphatic heterocycles. The van der Waals surface area contributed by atoms with E-state index in [4.69, 9.17) is 20.4 Å². The van der Waals surface area contributed by atoms with E-state index in [0.717, 1.165) is 12.8 Å². The Bertz CT molecular complexity index is 359. The summed E-state index contributed by atoms with van der Waals surface area (Å²) in [5.41, 5.74) is -2.74. The third kappa shape index (κ3) is 12.6. The van der Waals surface area contributed by atoms with E-state index in [2.05, 4.69) is 11.7 Å². The van der Waals surface area contributed by atoms with Crippen molar-refractivity contribution in [2.75, 3.05) is 6.61 Å². The Morgan fingerprint density at radius 1 is 1.00 bits per heavy atom. The second-order valence-electron chi connectivity index (χ2n) is 4.17. The molecule has 0 aliphatic rings. The van der Waals surface area contributed by atoms with Crippen LogP contribution in [0.15, 0.2) is 0 Å². The molecular weight excluding hydrogens is 288 g/mol. The van der Waals surface area contributed by atoms with Crippen molar-refractivity contribution in [2.24, 2.45) is 0 Å². The highest BCUT2D eigenvalue weighted by Gasteiger charge is 2.40. The molecule has 122 valence electrons. The second-order valence-corrected chi connectivity index (χ2v) is 4.17. The molecule has 4 N–H and O–H groups in total. The Morgan fingerprint density at radius 2 is 1.43 bits per heavy atom. The lowest BCUT2D eigenvalue weighted by Crippen LogP contribution is -2.42. The molecule has 0 radical (unpaired) electrons. The van der Waals surface area contributed by atoms with Gasteiger partial charge < -0.3 is 25.2 Å². The summed E-state index contributed by atoms with van der Waals surface area (Å²) in [5.74, 6) is -5.20. The molecule has 0 amide bonds. The summed E-state index contributed by atoms with van der Waals surface area (Å²) >= 11 is 0. The quantitative estimate of drug-likeness (QED) is 0.360. The Morgan fingerprint density at radius 3 is 1.67 bits per heavy atom. The average molecular weight is 308 g/mol. The van der Waals surface area contributed by atoms with Gasteiger partial charge in [0.05, 0.1) is 19.4 Å². The first-order valence-electron chi connectivity index (χ1n) is 6.08. The number of carboxylic acids is 3. The van der Waals surface area contributed by atoms with Crippen LogP contribution in [0.5, 0.6) is 0 Å². The maximum absolute atomic E-state index is 10.3. The van der Waals surface area contributed by atoms with Crippen LogP contribution in [-0.2, 0) is 23.9 Å². The van der Waals surface area contributed by atoms with E-state index in [0.29, 0.717) is 6.61 Å². The molecule has 9 heteroatoms. The monoisotopic (exact) mass is 308 g/mol. The number of esters is 1. The number of hydrogen-bond acceptors (Lipinski definition) is 6. The molecule has 9 nitrogen and oxygen atoms in total. The molecule has 0 rings (SSSR count). The lowest BCUT2D eigenvalue weighted by atomic mass is 9.96. The van der Waals surface area contributed by atoms with Crippen LogP contribution in [0, 0.1) is 0 Å². The van der Waals surface area contributed by atoms with Crippen LogP contribution in [0.2, 0.25) is 0 Å². The van der Waals surface area contributed by atoms with Crippen LogP contribution in [0.4, 0.5) is 0 Å². The first-order valence-corrected chi connectivity index (χ1v) is 6.08. The number of rotatable bonds is 8. The van der Waals surface area contributed by atoms with Crippen LogP contribution in [0.1, 0.15) is 39.5 Å². The van der Waals surface area contributed by atoms with Crippen LogP contribution >= 0.6 is 0 Å². The standard InChI is InChI=1S/C6H8O7.C6H12O2/c7-3(8)1-6(13,5(11)12)2-4(9)10;1-3-4-5-8-6(2)7/h13H,1-2H2,(H,7,8)(H,9,10)(H,11,12);3-5H2,1-2H3. The molecule has 0 fully saturated rings. The summed E-state index contributed by atoms with van der Waals surface area (Å²) in [7, 11) is 0. The fourth-order valence-corrected chi connectivity index (χ4v) is 1.07. The maximum Gasteiger partial charge on any atom is 0.336 e. The van der Waals surface area contributed by atoms with E-state index < -0.39 is 36.4 Å². The first-order chi connectivity index (χ1) is 9.55. The number of carbonyl (C=O) groups is 4. The van der Waals surface area contributed by atoms with Crippen molar-refractivity contribution >= 4 is 23.9 Å². The van der Waals surface area contributed by atoms with Gasteiger partial charge in [-0.3, -0.25) is 14.4 Å². The predicted octanol–water partition coefficient (Wildman–Crippen LogP) is 0.101. The summed E-state index contributed by atoms with van der Waals surface area (Å²) in [5, 5.41) is 33.8. The third-order valence-electron chi connectivity index (χ3n) is 2.09. The SMILES string of the molecule is CCCCOC(C)=O.O=C(O)CC(O)(CC(=O)O)C(=O)O. The fraction of sp³-hybridized carbons (Fsp3) is 0.667. The van der Waals surface area contributed by atoms with Crippen LogP contribution in [0.25, 0.3) is 0 Å². The molecule has 0 aromatic rings. The summed E-state index contributed by atoms with van der Waals surface area (Å²) in [6, 6.07) is 0. The molecule has 21 heavy (non-hydrogen) atoms. The van der Waals surface area contributed by atoms with Crippen molar-refractivity contribution in [2.45, 2.75) is 45.1 Å². The Kier molecular flexibility index (Phi) is 10.7. The lowest BCUT2D eigenvalue weighted by Gasteiger charge is -2.18. The normalized spacial score (nSPS) is 10.0. The van der Waals surface area contributed by atoms with Crippen molar-refractivity contribution < 1.29 is 44.3 Å². The number of unbranched alkanes of at least 4 members (excludes halogenated alkanes) is 1. The van der Waals surface area contributed by atoms with Crippen molar-refractivity contribution in [1.82, 2.24) is 0 Å². The summed E-state index contributed by atoms with van der Waals surface area (Å²) in [4.78, 5) is 40.6. The average Bonchev–Trinajstić information content (AvgIpc) is 2.27. The van der Waals surface area contributed by atoms with E-state index >= 15 is 0 Å². The van der Waals surface area contributed by atoms with E-state index in [-0.39, 0.29) is 5.97 Å². The van der Waals surface area contributed by atoms with Crippen molar-refractivity contribution in [3.8, 4) is 0 Å². The van der Waals surface area contributed by atoms with Crippen LogP contribution in [-0.4, -0.2) is 56.5 Å². The minimum atomic E-state index is -2.74. The minimum Gasteiger partial charge on any atom is -0.481 e. The highest BCUT2D eigenvalue weighted by molar-refractivity contribution is 5.88. The minimum absolute atomic E-state index is 0.182. The lowest BCUT2D eigenvalue weighted by molar-refractivity contribution is -0.170. The summed E-state index contributed by atoms with van der Waals surface area (Å²) in [6.07, 6.45) is -0.240. The number of carboxylic acid groups (broad SMARTS) is 3. The van der Waals surface area contributed by atoms with Gasteiger partial charge in [0.1, 0.15) is 0 Å². The van der Waals surface area contributed by atoms with E-state index in [1.54, 1.807) is 0 Å². The molecule has 0 bridgehead atoms. The molecule has 0 aromatic carbocycles. The molecule has 0 heterocycles. The molecule has 0 unspecified atom stereocenters. The van der Waals surface area contributed by atoms with Gasteiger partial charge in [0.25, 0.3) is 0 Å². The van der Waals surface area contributed by atoms with E-state index in [9.17, 15) is 19.2 Å². The van der Waals surface area contributed by atoms with Crippen molar-refractivity contribution in [3.05, 3.63) is 0 Å². The summed E-state index contributed by atoms with van der Waals surface area (Å²) in [6.45, 7) is 4.06. The number of ether oxygens (including phenoxy) is 1. The zero-order valence-electron chi connectivity index (χ0n) is 11.9. The number of aliphatic hydroxyl groups is 1. The van der Waals surface area contributed by atoms with Gasteiger partial charge >= 0.3 is 23.9 Å². The Hall–Kier alpha value is -2.16. The summed E-state index contributed by atoms with van der Waals surface area (Å²) < 4.78 is 4.64. The van der Waals surface area contributed by atoms with E-state index in [1.807, 2.05) is 0 Å². The highest BCUT2D eigenvalue weighted by atomic mass is 16.5. The van der Waals surface area contributed by atoms with Gasteiger partial charge in [-0.2, -0.15) is 0 Å². The topological polar surface area (TPSA) is 158 Å². The molecule has 0 saturated heterocycles. The van der Waals surface area contributed by atoms with Gasteiger partial charge in [0.2, 0.25) is 0 Å². The van der Waals surface area contributed by atoms with Gasteiger partial charge in [-0.15, -0.1) is 0 Å². The van der Waals surface area contributed by atoms with Gasteiger partial charge in [-0.05, 0) is 6.42 Å². The van der Waals surface area contributed by atoms with Crippen molar-refractivity contribution in [1.29, 1.82) is 0 Å².